The summed E-state index contributed by atoms with van der Waals surface area (Å²) in [4.78, 5) is 49.0. The van der Waals surface area contributed by atoms with Crippen molar-refractivity contribution in [2.24, 2.45) is 0 Å². The highest BCUT2D eigenvalue weighted by molar-refractivity contribution is 8.13. The second-order valence-electron chi connectivity index (χ2n) is 16.3. The third-order valence-electron chi connectivity index (χ3n) is 10.7. The van der Waals surface area contributed by atoms with E-state index >= 15 is 0 Å². The minimum absolute atomic E-state index is 0.0979. The summed E-state index contributed by atoms with van der Waals surface area (Å²) in [5.41, 5.74) is 0. The van der Waals surface area contributed by atoms with E-state index in [1.165, 1.54) is 140 Å². The quantitative estimate of drug-likeness (QED) is 0.0580. The molecule has 0 N–H and O–H groups in total. The second kappa shape index (κ2) is 39.9. The van der Waals surface area contributed by atoms with Crippen molar-refractivity contribution in [1.29, 1.82) is 0 Å². The Hall–Kier alpha value is -1.28. The SMILES string of the molecule is CCCCCCCCN(CCCCCCCC)C(=O)CCCN(CCCC(=O)N(CCCCCCCC)CCCCCCCC)C(=O)SCCCN(C)C. The van der Waals surface area contributed by atoms with E-state index in [2.05, 4.69) is 56.5 Å². The first-order chi connectivity index (χ1) is 26.3. The molecule has 8 heteroatoms. The number of rotatable bonds is 40. The number of thioether (sulfide) groups is 1. The summed E-state index contributed by atoms with van der Waals surface area (Å²) < 4.78 is 0. The summed E-state index contributed by atoms with van der Waals surface area (Å²) in [7, 11) is 4.13. The number of hydrogen-bond acceptors (Lipinski definition) is 5. The highest BCUT2D eigenvalue weighted by atomic mass is 32.2. The van der Waals surface area contributed by atoms with Crippen molar-refractivity contribution < 1.29 is 14.4 Å². The molecule has 7 nitrogen and oxygen atoms in total. The lowest BCUT2D eigenvalue weighted by molar-refractivity contribution is -0.132. The number of hydrogen-bond donors (Lipinski definition) is 0. The van der Waals surface area contributed by atoms with Gasteiger partial charge in [0.05, 0.1) is 0 Å². The molecule has 0 aromatic carbocycles. The number of unbranched alkanes of at least 4 members (excludes halogenated alkanes) is 20. The molecule has 0 aromatic rings. The van der Waals surface area contributed by atoms with E-state index in [4.69, 9.17) is 0 Å². The second-order valence-corrected chi connectivity index (χ2v) is 17.3. The van der Waals surface area contributed by atoms with Crippen LogP contribution in [0.3, 0.4) is 0 Å². The molecule has 3 amide bonds. The molecule has 320 valence electrons. The highest BCUT2D eigenvalue weighted by Crippen LogP contribution is 2.16. The molecular formula is C46H92N4O3S. The Labute approximate surface area is 341 Å². The largest absolute Gasteiger partial charge is 0.343 e. The van der Waals surface area contributed by atoms with Crippen LogP contribution in [-0.4, -0.2) is 102 Å². The Bertz CT molecular complexity index is 772. The average Bonchev–Trinajstić information content (AvgIpc) is 3.16. The predicted molar refractivity (Wildman–Crippen MR) is 238 cm³/mol. The molecule has 0 fully saturated rings. The summed E-state index contributed by atoms with van der Waals surface area (Å²) in [6.07, 6.45) is 32.9. The van der Waals surface area contributed by atoms with Gasteiger partial charge < -0.3 is 19.6 Å². The van der Waals surface area contributed by atoms with E-state index in [9.17, 15) is 14.4 Å². The molecule has 0 spiro atoms. The smallest absolute Gasteiger partial charge is 0.281 e. The fourth-order valence-electron chi connectivity index (χ4n) is 7.14. The van der Waals surface area contributed by atoms with E-state index < -0.39 is 0 Å². The molecule has 0 bridgehead atoms. The minimum atomic E-state index is 0.0979. The lowest BCUT2D eigenvalue weighted by atomic mass is 10.1. The van der Waals surface area contributed by atoms with Crippen LogP contribution in [0, 0.1) is 0 Å². The van der Waals surface area contributed by atoms with E-state index in [-0.39, 0.29) is 17.1 Å². The van der Waals surface area contributed by atoms with Crippen LogP contribution in [0.2, 0.25) is 0 Å². The molecular weight excluding hydrogens is 689 g/mol. The lowest BCUT2D eigenvalue weighted by Gasteiger charge is -2.26. The third kappa shape index (κ3) is 32.9. The van der Waals surface area contributed by atoms with Crippen LogP contribution >= 0.6 is 11.8 Å². The van der Waals surface area contributed by atoms with Crippen LogP contribution in [0.15, 0.2) is 0 Å². The monoisotopic (exact) mass is 781 g/mol. The van der Waals surface area contributed by atoms with Crippen molar-refractivity contribution in [2.45, 2.75) is 214 Å². The van der Waals surface area contributed by atoms with Crippen molar-refractivity contribution in [3.8, 4) is 0 Å². The fourth-order valence-corrected chi connectivity index (χ4v) is 7.95. The molecule has 0 aliphatic rings. The fraction of sp³-hybridized carbons (Fsp3) is 0.935. The van der Waals surface area contributed by atoms with Gasteiger partial charge in [0.25, 0.3) is 5.24 Å². The van der Waals surface area contributed by atoms with Crippen LogP contribution in [0.4, 0.5) is 4.79 Å². The molecule has 0 aliphatic heterocycles. The van der Waals surface area contributed by atoms with Gasteiger partial charge in [-0.1, -0.05) is 168 Å². The van der Waals surface area contributed by atoms with Crippen molar-refractivity contribution >= 4 is 28.8 Å². The number of carbonyl (C=O) groups excluding carboxylic acids is 3. The summed E-state index contributed by atoms with van der Waals surface area (Å²) in [5.74, 6) is 1.29. The van der Waals surface area contributed by atoms with Gasteiger partial charge in [-0.15, -0.1) is 0 Å². The molecule has 0 heterocycles. The van der Waals surface area contributed by atoms with Crippen molar-refractivity contribution in [3.63, 3.8) is 0 Å². The van der Waals surface area contributed by atoms with Crippen LogP contribution in [0.5, 0.6) is 0 Å². The number of carbonyl (C=O) groups is 3. The number of amides is 3. The van der Waals surface area contributed by atoms with Gasteiger partial charge in [0.2, 0.25) is 11.8 Å². The summed E-state index contributed by atoms with van der Waals surface area (Å²) in [6.45, 7) is 14.6. The maximum Gasteiger partial charge on any atom is 0.281 e. The Morgan fingerprint density at radius 2 is 0.648 bits per heavy atom. The maximum atomic E-state index is 13.6. The Kier molecular flexibility index (Phi) is 39.0. The molecule has 0 saturated heterocycles. The molecule has 0 saturated carbocycles. The van der Waals surface area contributed by atoms with Crippen LogP contribution in [0.1, 0.15) is 214 Å². The van der Waals surface area contributed by atoms with Gasteiger partial charge in [-0.2, -0.15) is 0 Å². The van der Waals surface area contributed by atoms with E-state index in [0.717, 1.165) is 70.6 Å². The first-order valence-electron chi connectivity index (χ1n) is 23.4. The van der Waals surface area contributed by atoms with Crippen molar-refractivity contribution in [2.75, 3.05) is 65.7 Å². The molecule has 0 atom stereocenters. The molecule has 54 heavy (non-hydrogen) atoms. The van der Waals surface area contributed by atoms with Gasteiger partial charge >= 0.3 is 0 Å². The topological polar surface area (TPSA) is 64.2 Å². The third-order valence-corrected chi connectivity index (χ3v) is 11.7. The standard InChI is InChI=1S/C46H92N4O3S/c1-7-11-15-19-23-27-37-48(38-28-24-20-16-12-8-2)44(51)34-31-41-50(46(53)54-43-33-36-47(5)6)42-32-35-45(52)49(39-29-25-21-17-13-9-3)40-30-26-22-18-14-10-4/h7-43H2,1-6H3. The Balaban J connectivity index is 5.28. The van der Waals surface area contributed by atoms with Crippen LogP contribution in [-0.2, 0) is 9.59 Å². The van der Waals surface area contributed by atoms with Crippen LogP contribution in [0.25, 0.3) is 0 Å². The maximum absolute atomic E-state index is 13.6. The zero-order valence-electron chi connectivity index (χ0n) is 37.1. The van der Waals surface area contributed by atoms with E-state index in [0.29, 0.717) is 38.8 Å². The van der Waals surface area contributed by atoms with Gasteiger partial charge in [0, 0.05) is 57.9 Å². The number of nitrogens with zero attached hydrogens (tertiary/aromatic N) is 4. The summed E-state index contributed by atoms with van der Waals surface area (Å²) in [6, 6.07) is 0. The zero-order valence-corrected chi connectivity index (χ0v) is 37.9. The molecule has 0 rings (SSSR count). The van der Waals surface area contributed by atoms with E-state index in [1.54, 1.807) is 0 Å². The summed E-state index contributed by atoms with van der Waals surface area (Å²) >= 11 is 1.40. The first-order valence-corrected chi connectivity index (χ1v) is 24.4. The lowest BCUT2D eigenvalue weighted by Crippen LogP contribution is -2.36. The molecule has 0 aromatic heterocycles. The van der Waals surface area contributed by atoms with Gasteiger partial charge in [0.15, 0.2) is 0 Å². The van der Waals surface area contributed by atoms with Gasteiger partial charge in [0.1, 0.15) is 0 Å². The average molecular weight is 781 g/mol. The van der Waals surface area contributed by atoms with Gasteiger partial charge in [-0.3, -0.25) is 14.4 Å². The molecule has 0 radical (unpaired) electrons. The Morgan fingerprint density at radius 3 is 0.963 bits per heavy atom. The molecule has 0 aliphatic carbocycles. The van der Waals surface area contributed by atoms with Gasteiger partial charge in [-0.05, 0) is 65.6 Å². The normalized spacial score (nSPS) is 11.4. The summed E-state index contributed by atoms with van der Waals surface area (Å²) in [5, 5.41) is 0.0979. The minimum Gasteiger partial charge on any atom is -0.343 e. The Morgan fingerprint density at radius 1 is 0.352 bits per heavy atom. The first kappa shape index (κ1) is 52.7. The predicted octanol–water partition coefficient (Wildman–Crippen LogP) is 12.8. The van der Waals surface area contributed by atoms with Crippen LogP contribution < -0.4 is 0 Å². The highest BCUT2D eigenvalue weighted by Gasteiger charge is 2.19. The van der Waals surface area contributed by atoms with Crippen molar-refractivity contribution in [1.82, 2.24) is 19.6 Å². The molecule has 0 unspecified atom stereocenters. The van der Waals surface area contributed by atoms with Crippen molar-refractivity contribution in [3.05, 3.63) is 0 Å². The van der Waals surface area contributed by atoms with E-state index in [1.807, 2.05) is 4.90 Å². The zero-order chi connectivity index (χ0) is 39.9. The van der Waals surface area contributed by atoms with Gasteiger partial charge in [-0.25, -0.2) is 0 Å².